The second-order valence-corrected chi connectivity index (χ2v) is 13.0. The number of sulfonamides is 2. The van der Waals surface area contributed by atoms with Crippen LogP contribution in [0.25, 0.3) is 20.8 Å². The third kappa shape index (κ3) is 5.51. The highest BCUT2D eigenvalue weighted by molar-refractivity contribution is 7.93. The van der Waals surface area contributed by atoms with Crippen LogP contribution >= 0.6 is 11.3 Å². The Morgan fingerprint density at radius 3 is 1.65 bits per heavy atom. The van der Waals surface area contributed by atoms with E-state index in [0.29, 0.717) is 11.4 Å². The molecule has 0 saturated heterocycles. The maximum absolute atomic E-state index is 12.7. The van der Waals surface area contributed by atoms with E-state index in [1.54, 1.807) is 91.0 Å². The second kappa shape index (κ2) is 9.62. The normalized spacial score (nSPS) is 11.9. The third-order valence-corrected chi connectivity index (χ3v) is 9.55. The molecule has 0 fully saturated rings. The van der Waals surface area contributed by atoms with Gasteiger partial charge in [0.1, 0.15) is 5.01 Å². The zero-order chi connectivity index (χ0) is 26.2. The fraction of sp³-hybridized carbons (Fsp3) is 0.0741. The Morgan fingerprint density at radius 2 is 1.11 bits per heavy atom. The molecule has 0 bridgehead atoms. The molecule has 0 saturated carbocycles. The lowest BCUT2D eigenvalue weighted by atomic mass is 10.2. The van der Waals surface area contributed by atoms with Crippen molar-refractivity contribution in [3.05, 3.63) is 102 Å². The lowest BCUT2D eigenvalue weighted by Gasteiger charge is -2.08. The summed E-state index contributed by atoms with van der Waals surface area (Å²) in [7, 11) is -7.40. The summed E-state index contributed by atoms with van der Waals surface area (Å²) in [6, 6.07) is 25.5. The Labute approximate surface area is 219 Å². The molecule has 0 spiro atoms. The van der Waals surface area contributed by atoms with Gasteiger partial charge in [0.15, 0.2) is 0 Å². The molecule has 0 aliphatic heterocycles. The van der Waals surface area contributed by atoms with E-state index in [0.717, 1.165) is 31.9 Å². The molecule has 7 nitrogen and oxygen atoms in total. The van der Waals surface area contributed by atoms with Gasteiger partial charge in [0.25, 0.3) is 20.0 Å². The van der Waals surface area contributed by atoms with Gasteiger partial charge >= 0.3 is 0 Å². The average Bonchev–Trinajstić information content (AvgIpc) is 3.28. The maximum Gasteiger partial charge on any atom is 0.261 e. The Balaban J connectivity index is 1.34. The minimum Gasteiger partial charge on any atom is -0.280 e. The van der Waals surface area contributed by atoms with Crippen molar-refractivity contribution in [3.63, 3.8) is 0 Å². The molecule has 0 unspecified atom stereocenters. The molecule has 10 heteroatoms. The predicted molar refractivity (Wildman–Crippen MR) is 149 cm³/mol. The van der Waals surface area contributed by atoms with Crippen molar-refractivity contribution in [2.45, 2.75) is 23.6 Å². The number of anilines is 2. The van der Waals surface area contributed by atoms with Crippen molar-refractivity contribution < 1.29 is 16.8 Å². The van der Waals surface area contributed by atoms with Crippen LogP contribution in [-0.4, -0.2) is 21.8 Å². The van der Waals surface area contributed by atoms with Crippen molar-refractivity contribution in [2.24, 2.45) is 0 Å². The standard InChI is InChI=1S/C27H23N3O4S3/c1-18-3-12-23(13-4-18)36(31,32)29-21-9-7-20(8-10-21)27-28-25-16-11-22(17-26(25)35-27)30-37(33,34)24-14-5-19(2)6-15-24/h3-17,29-30H,1-2H3. The van der Waals surface area contributed by atoms with Gasteiger partial charge in [-0.05, 0) is 80.6 Å². The number of nitrogens with one attached hydrogen (secondary N) is 2. The average molecular weight is 550 g/mol. The Kier molecular flexibility index (Phi) is 6.49. The van der Waals surface area contributed by atoms with E-state index < -0.39 is 20.0 Å². The quantitative estimate of drug-likeness (QED) is 0.252. The van der Waals surface area contributed by atoms with Gasteiger partial charge < -0.3 is 0 Å². The Hall–Kier alpha value is -3.73. The van der Waals surface area contributed by atoms with E-state index in [-0.39, 0.29) is 9.79 Å². The van der Waals surface area contributed by atoms with Gasteiger partial charge in [-0.3, -0.25) is 9.44 Å². The molecule has 2 N–H and O–H groups in total. The lowest BCUT2D eigenvalue weighted by Crippen LogP contribution is -2.12. The van der Waals surface area contributed by atoms with Gasteiger partial charge in [-0.25, -0.2) is 21.8 Å². The molecule has 1 aromatic heterocycles. The first-order valence-electron chi connectivity index (χ1n) is 11.3. The number of fused-ring (bicyclic) bond motifs is 1. The van der Waals surface area contributed by atoms with Gasteiger partial charge in [0.05, 0.1) is 25.7 Å². The number of thiazole rings is 1. The van der Waals surface area contributed by atoms with Crippen LogP contribution < -0.4 is 9.44 Å². The first-order valence-corrected chi connectivity index (χ1v) is 15.1. The SMILES string of the molecule is Cc1ccc(S(=O)(=O)Nc2ccc(-c3nc4ccc(NS(=O)(=O)c5ccc(C)cc5)cc4s3)cc2)cc1. The first kappa shape index (κ1) is 24.9. The summed E-state index contributed by atoms with van der Waals surface area (Å²) in [6.45, 7) is 3.80. The van der Waals surface area contributed by atoms with Crippen molar-refractivity contribution in [2.75, 3.05) is 9.44 Å². The van der Waals surface area contributed by atoms with Gasteiger partial charge in [0, 0.05) is 11.3 Å². The predicted octanol–water partition coefficient (Wildman–Crippen LogP) is 6.18. The molecule has 0 aliphatic rings. The maximum atomic E-state index is 12.7. The summed E-state index contributed by atoms with van der Waals surface area (Å²) >= 11 is 1.42. The molecule has 0 atom stereocenters. The number of benzene rings is 4. The molecule has 0 aliphatic carbocycles. The van der Waals surface area contributed by atoms with Gasteiger partial charge in [0.2, 0.25) is 0 Å². The molecular formula is C27H23N3O4S3. The molecule has 1 heterocycles. The summed E-state index contributed by atoms with van der Waals surface area (Å²) in [6.07, 6.45) is 0. The van der Waals surface area contributed by atoms with Crippen molar-refractivity contribution in [3.8, 4) is 10.6 Å². The monoisotopic (exact) mass is 549 g/mol. The van der Waals surface area contributed by atoms with Crippen LogP contribution in [0.1, 0.15) is 11.1 Å². The van der Waals surface area contributed by atoms with Crippen molar-refractivity contribution in [1.29, 1.82) is 0 Å². The highest BCUT2D eigenvalue weighted by atomic mass is 32.2. The van der Waals surface area contributed by atoms with E-state index in [1.165, 1.54) is 11.3 Å². The number of hydrogen-bond acceptors (Lipinski definition) is 6. The largest absolute Gasteiger partial charge is 0.280 e. The van der Waals surface area contributed by atoms with Crippen LogP contribution in [0.2, 0.25) is 0 Å². The van der Waals surface area contributed by atoms with Gasteiger partial charge in [-0.15, -0.1) is 11.3 Å². The summed E-state index contributed by atoms with van der Waals surface area (Å²) in [5, 5.41) is 0.737. The third-order valence-electron chi connectivity index (χ3n) is 5.69. The van der Waals surface area contributed by atoms with Crippen LogP contribution in [0, 0.1) is 13.8 Å². The topological polar surface area (TPSA) is 105 Å². The van der Waals surface area contributed by atoms with E-state index in [1.807, 2.05) is 13.8 Å². The van der Waals surface area contributed by atoms with E-state index in [4.69, 9.17) is 0 Å². The molecule has 5 rings (SSSR count). The van der Waals surface area contributed by atoms with Crippen molar-refractivity contribution >= 4 is 53.0 Å². The van der Waals surface area contributed by atoms with Crippen LogP contribution in [0.4, 0.5) is 11.4 Å². The minimum atomic E-state index is -3.71. The second-order valence-electron chi connectivity index (χ2n) is 8.62. The zero-order valence-corrected chi connectivity index (χ0v) is 22.4. The van der Waals surface area contributed by atoms with Gasteiger partial charge in [-0.1, -0.05) is 35.4 Å². The Morgan fingerprint density at radius 1 is 0.622 bits per heavy atom. The molecule has 37 heavy (non-hydrogen) atoms. The number of hydrogen-bond donors (Lipinski definition) is 2. The van der Waals surface area contributed by atoms with Crippen molar-refractivity contribution in [1.82, 2.24) is 4.98 Å². The smallest absolute Gasteiger partial charge is 0.261 e. The number of rotatable bonds is 7. The Bertz CT molecular complexity index is 1790. The van der Waals surface area contributed by atoms with E-state index >= 15 is 0 Å². The summed E-state index contributed by atoms with van der Waals surface area (Å²) in [5.41, 5.74) is 4.41. The highest BCUT2D eigenvalue weighted by Crippen LogP contribution is 2.33. The van der Waals surface area contributed by atoms with Crippen LogP contribution in [-0.2, 0) is 20.0 Å². The zero-order valence-electron chi connectivity index (χ0n) is 20.0. The van der Waals surface area contributed by atoms with Crippen LogP contribution in [0.3, 0.4) is 0 Å². The van der Waals surface area contributed by atoms with Crippen LogP contribution in [0.15, 0.2) is 101 Å². The van der Waals surface area contributed by atoms with E-state index in [9.17, 15) is 16.8 Å². The molecule has 5 aromatic rings. The summed E-state index contributed by atoms with van der Waals surface area (Å²) in [5.74, 6) is 0. The fourth-order valence-corrected chi connectivity index (χ4v) is 6.77. The summed E-state index contributed by atoms with van der Waals surface area (Å²) in [4.78, 5) is 5.04. The number of nitrogens with zero attached hydrogens (tertiary/aromatic N) is 1. The molecule has 4 aromatic carbocycles. The summed E-state index contributed by atoms with van der Waals surface area (Å²) < 4.78 is 56.8. The molecule has 0 radical (unpaired) electrons. The molecule has 188 valence electrons. The highest BCUT2D eigenvalue weighted by Gasteiger charge is 2.16. The fourth-order valence-electron chi connectivity index (χ4n) is 3.66. The molecule has 0 amide bonds. The number of aryl methyl sites for hydroxylation is 2. The lowest BCUT2D eigenvalue weighted by molar-refractivity contribution is 0.599. The van der Waals surface area contributed by atoms with E-state index in [2.05, 4.69) is 14.4 Å². The molecular weight excluding hydrogens is 527 g/mol. The van der Waals surface area contributed by atoms with Gasteiger partial charge in [-0.2, -0.15) is 0 Å². The number of aromatic nitrogens is 1. The first-order chi connectivity index (χ1) is 17.6. The minimum absolute atomic E-state index is 0.196. The van der Waals surface area contributed by atoms with Crippen LogP contribution in [0.5, 0.6) is 0 Å².